The van der Waals surface area contributed by atoms with Gasteiger partial charge in [0.15, 0.2) is 0 Å². The molecule has 0 spiro atoms. The Balaban J connectivity index is 1.84. The fraction of sp³-hybridized carbons (Fsp3) is 0.857. The lowest BCUT2D eigenvalue weighted by Crippen LogP contribution is -2.51. The fourth-order valence-electron chi connectivity index (χ4n) is 2.61. The summed E-state index contributed by atoms with van der Waals surface area (Å²) < 4.78 is 4.96. The van der Waals surface area contributed by atoms with E-state index in [2.05, 4.69) is 5.32 Å². The Morgan fingerprint density at radius 1 is 1.40 bits per heavy atom. The standard InChI is InChI=1S/C14H25N3O3/c1-20-9-3-4-11(15)14(19)17-8-2-5-12(17)13(18)16-10-6-7-10/h10-12H,2-9,15H2,1H3,(H,16,18). The second kappa shape index (κ2) is 7.04. The molecule has 3 N–H and O–H groups in total. The van der Waals surface area contributed by atoms with Crippen LogP contribution in [0.2, 0.25) is 0 Å². The molecule has 2 fully saturated rings. The van der Waals surface area contributed by atoms with Crippen LogP contribution in [-0.2, 0) is 14.3 Å². The van der Waals surface area contributed by atoms with Crippen LogP contribution in [0.5, 0.6) is 0 Å². The Hall–Kier alpha value is -1.14. The number of likely N-dealkylation sites (tertiary alicyclic amines) is 1. The number of rotatable bonds is 7. The number of amides is 2. The highest BCUT2D eigenvalue weighted by atomic mass is 16.5. The van der Waals surface area contributed by atoms with Gasteiger partial charge in [-0.05, 0) is 38.5 Å². The highest BCUT2D eigenvalue weighted by Crippen LogP contribution is 2.23. The zero-order valence-electron chi connectivity index (χ0n) is 12.1. The smallest absolute Gasteiger partial charge is 0.243 e. The maximum atomic E-state index is 12.3. The summed E-state index contributed by atoms with van der Waals surface area (Å²) in [5.74, 6) is -0.114. The van der Waals surface area contributed by atoms with Crippen molar-refractivity contribution in [3.8, 4) is 0 Å². The Bertz CT molecular complexity index is 358. The molecule has 1 heterocycles. The lowest BCUT2D eigenvalue weighted by atomic mass is 10.1. The summed E-state index contributed by atoms with van der Waals surface area (Å²) in [6.45, 7) is 1.24. The largest absolute Gasteiger partial charge is 0.385 e. The van der Waals surface area contributed by atoms with Gasteiger partial charge in [0, 0.05) is 26.3 Å². The molecule has 1 aliphatic heterocycles. The molecule has 114 valence electrons. The van der Waals surface area contributed by atoms with Crippen LogP contribution < -0.4 is 11.1 Å². The van der Waals surface area contributed by atoms with Gasteiger partial charge in [-0.2, -0.15) is 0 Å². The molecule has 0 bridgehead atoms. The van der Waals surface area contributed by atoms with Gasteiger partial charge in [0.1, 0.15) is 6.04 Å². The van der Waals surface area contributed by atoms with E-state index >= 15 is 0 Å². The Morgan fingerprint density at radius 2 is 2.15 bits per heavy atom. The van der Waals surface area contributed by atoms with E-state index in [0.717, 1.165) is 32.1 Å². The van der Waals surface area contributed by atoms with Gasteiger partial charge in [-0.1, -0.05) is 0 Å². The molecule has 1 aliphatic carbocycles. The predicted molar refractivity (Wildman–Crippen MR) is 75.0 cm³/mol. The molecule has 0 aromatic rings. The van der Waals surface area contributed by atoms with Crippen LogP contribution in [0.4, 0.5) is 0 Å². The lowest BCUT2D eigenvalue weighted by molar-refractivity contribution is -0.139. The number of carbonyl (C=O) groups excluding carboxylic acids is 2. The summed E-state index contributed by atoms with van der Waals surface area (Å²) >= 11 is 0. The molecule has 6 heteroatoms. The molecule has 6 nitrogen and oxygen atoms in total. The van der Waals surface area contributed by atoms with Crippen LogP contribution in [0.3, 0.4) is 0 Å². The zero-order chi connectivity index (χ0) is 14.5. The van der Waals surface area contributed by atoms with Crippen LogP contribution in [0.1, 0.15) is 38.5 Å². The molecule has 1 saturated carbocycles. The molecular weight excluding hydrogens is 258 g/mol. The van der Waals surface area contributed by atoms with Crippen LogP contribution >= 0.6 is 0 Å². The number of nitrogens with zero attached hydrogens (tertiary/aromatic N) is 1. The van der Waals surface area contributed by atoms with E-state index in [1.165, 1.54) is 0 Å². The Labute approximate surface area is 120 Å². The highest BCUT2D eigenvalue weighted by molar-refractivity contribution is 5.90. The zero-order valence-corrected chi connectivity index (χ0v) is 12.1. The van der Waals surface area contributed by atoms with Crippen molar-refractivity contribution >= 4 is 11.8 Å². The maximum absolute atomic E-state index is 12.3. The van der Waals surface area contributed by atoms with E-state index < -0.39 is 6.04 Å². The minimum Gasteiger partial charge on any atom is -0.385 e. The van der Waals surface area contributed by atoms with Gasteiger partial charge in [-0.25, -0.2) is 0 Å². The van der Waals surface area contributed by atoms with Crippen molar-refractivity contribution in [2.24, 2.45) is 5.73 Å². The first-order valence-corrected chi connectivity index (χ1v) is 7.49. The molecule has 0 aromatic carbocycles. The molecule has 2 unspecified atom stereocenters. The van der Waals surface area contributed by atoms with Crippen molar-refractivity contribution in [3.63, 3.8) is 0 Å². The molecular formula is C14H25N3O3. The second-order valence-electron chi connectivity index (χ2n) is 5.71. The van der Waals surface area contributed by atoms with Gasteiger partial charge >= 0.3 is 0 Å². The number of nitrogens with two attached hydrogens (primary N) is 1. The summed E-state index contributed by atoms with van der Waals surface area (Å²) in [5.41, 5.74) is 5.94. The number of ether oxygens (including phenoxy) is 1. The molecule has 1 saturated heterocycles. The normalized spacial score (nSPS) is 23.7. The highest BCUT2D eigenvalue weighted by Gasteiger charge is 2.37. The summed E-state index contributed by atoms with van der Waals surface area (Å²) in [4.78, 5) is 26.1. The summed E-state index contributed by atoms with van der Waals surface area (Å²) in [6, 6.07) is -0.522. The number of nitrogens with one attached hydrogen (secondary N) is 1. The van der Waals surface area contributed by atoms with Crippen molar-refractivity contribution in [2.75, 3.05) is 20.3 Å². The van der Waals surface area contributed by atoms with E-state index in [4.69, 9.17) is 10.5 Å². The third-order valence-corrected chi connectivity index (χ3v) is 3.94. The second-order valence-corrected chi connectivity index (χ2v) is 5.71. The topological polar surface area (TPSA) is 84.7 Å². The summed E-state index contributed by atoms with van der Waals surface area (Å²) in [6.07, 6.45) is 5.09. The molecule has 2 atom stereocenters. The van der Waals surface area contributed by atoms with Gasteiger partial charge < -0.3 is 20.7 Å². The van der Waals surface area contributed by atoms with Gasteiger partial charge in [0.25, 0.3) is 0 Å². The van der Waals surface area contributed by atoms with Crippen molar-refractivity contribution in [2.45, 2.75) is 56.7 Å². The number of methoxy groups -OCH3 is 1. The quantitative estimate of drug-likeness (QED) is 0.645. The van der Waals surface area contributed by atoms with Gasteiger partial charge in [0.05, 0.1) is 6.04 Å². The van der Waals surface area contributed by atoms with E-state index in [-0.39, 0.29) is 17.9 Å². The number of hydrogen-bond donors (Lipinski definition) is 2. The minimum atomic E-state index is -0.528. The minimum absolute atomic E-state index is 0.0116. The average molecular weight is 283 g/mol. The first kappa shape index (κ1) is 15.3. The molecule has 2 rings (SSSR count). The van der Waals surface area contributed by atoms with Gasteiger partial charge in [-0.3, -0.25) is 9.59 Å². The van der Waals surface area contributed by atoms with Gasteiger partial charge in [-0.15, -0.1) is 0 Å². The number of carbonyl (C=O) groups is 2. The SMILES string of the molecule is COCCCC(N)C(=O)N1CCCC1C(=O)NC1CC1. The molecule has 2 aliphatic rings. The van der Waals surface area contributed by atoms with E-state index in [1.807, 2.05) is 0 Å². The maximum Gasteiger partial charge on any atom is 0.243 e. The van der Waals surface area contributed by atoms with Crippen LogP contribution in [-0.4, -0.2) is 55.1 Å². The third kappa shape index (κ3) is 3.93. The molecule has 0 aromatic heterocycles. The van der Waals surface area contributed by atoms with E-state index in [0.29, 0.717) is 25.6 Å². The lowest BCUT2D eigenvalue weighted by Gasteiger charge is -2.26. The average Bonchev–Trinajstić information content (AvgIpc) is 3.10. The van der Waals surface area contributed by atoms with Crippen LogP contribution in [0, 0.1) is 0 Å². The molecule has 0 radical (unpaired) electrons. The van der Waals surface area contributed by atoms with Crippen molar-refractivity contribution in [1.29, 1.82) is 0 Å². The van der Waals surface area contributed by atoms with Gasteiger partial charge in [0.2, 0.25) is 11.8 Å². The van der Waals surface area contributed by atoms with Crippen LogP contribution in [0.25, 0.3) is 0 Å². The van der Waals surface area contributed by atoms with Crippen molar-refractivity contribution in [1.82, 2.24) is 10.2 Å². The van der Waals surface area contributed by atoms with E-state index in [1.54, 1.807) is 12.0 Å². The van der Waals surface area contributed by atoms with Crippen LogP contribution in [0.15, 0.2) is 0 Å². The van der Waals surface area contributed by atoms with Crippen molar-refractivity contribution in [3.05, 3.63) is 0 Å². The molecule has 2 amide bonds. The molecule has 20 heavy (non-hydrogen) atoms. The summed E-state index contributed by atoms with van der Waals surface area (Å²) in [7, 11) is 1.63. The number of hydrogen-bond acceptors (Lipinski definition) is 4. The Kier molecular flexibility index (Phi) is 5.37. The van der Waals surface area contributed by atoms with E-state index in [9.17, 15) is 9.59 Å². The first-order chi connectivity index (χ1) is 9.63. The summed E-state index contributed by atoms with van der Waals surface area (Å²) in [5, 5.41) is 2.98. The third-order valence-electron chi connectivity index (χ3n) is 3.94. The Morgan fingerprint density at radius 3 is 2.80 bits per heavy atom. The fourth-order valence-corrected chi connectivity index (χ4v) is 2.61. The first-order valence-electron chi connectivity index (χ1n) is 7.49. The van der Waals surface area contributed by atoms with Crippen molar-refractivity contribution < 1.29 is 14.3 Å². The monoisotopic (exact) mass is 283 g/mol. The predicted octanol–water partition coefficient (Wildman–Crippen LogP) is 0.00990.